The topological polar surface area (TPSA) is 131 Å². The van der Waals surface area contributed by atoms with E-state index in [9.17, 15) is 19.2 Å². The largest absolute Gasteiger partial charge is 0.444 e. The Morgan fingerprint density at radius 3 is 2.15 bits per heavy atom. The Balaban J connectivity index is 3.57. The molecule has 0 radical (unpaired) electrons. The summed E-state index contributed by atoms with van der Waals surface area (Å²) in [5, 5.41) is 5.76. The van der Waals surface area contributed by atoms with Crippen molar-refractivity contribution in [1.29, 1.82) is 0 Å². The molecule has 0 aromatic heterocycles. The molecule has 0 saturated carbocycles. The number of carbonyl (C=O) groups is 4. The third kappa shape index (κ3) is 13.4. The molecule has 0 aliphatic rings. The lowest BCUT2D eigenvalue weighted by molar-refractivity contribution is -0.143. The van der Waals surface area contributed by atoms with Gasteiger partial charge in [-0.25, -0.2) is 4.79 Å². The van der Waals surface area contributed by atoms with Gasteiger partial charge in [0, 0.05) is 19.0 Å². The van der Waals surface area contributed by atoms with Crippen LogP contribution in [0, 0.1) is 13.8 Å². The van der Waals surface area contributed by atoms with Crippen LogP contribution in [0.4, 0.5) is 4.79 Å². The van der Waals surface area contributed by atoms with Crippen molar-refractivity contribution >= 4 is 23.8 Å². The number of benzene rings is 1. The number of hydrogen-bond acceptors (Lipinski definition) is 5. The standard InChI is InChI=1S/C32H54N4O5/c1-9-11-12-13-14-20-36(30(39)26(18-19-27(33)37)35-31(40)41-32(6,7)8)28(29(38)34-24(5)15-10-2)25-17-16-22(3)23(4)21-25/h16-17,21,24,26,28H,9-15,18-20H2,1-8H3,(H2,33,37)(H,34,38)(H,35,40). The van der Waals surface area contributed by atoms with Crippen molar-refractivity contribution in [1.82, 2.24) is 15.5 Å². The van der Waals surface area contributed by atoms with E-state index in [-0.39, 0.29) is 24.8 Å². The summed E-state index contributed by atoms with van der Waals surface area (Å²) >= 11 is 0. The molecule has 4 N–H and O–H groups in total. The molecule has 9 heteroatoms. The SMILES string of the molecule is CCCCCCCN(C(=O)C(CCC(N)=O)NC(=O)OC(C)(C)C)C(C(=O)NC(C)CCC)c1ccc(C)c(C)c1. The van der Waals surface area contributed by atoms with Gasteiger partial charge in [0.1, 0.15) is 17.7 Å². The molecule has 9 nitrogen and oxygen atoms in total. The first-order valence-electron chi connectivity index (χ1n) is 15.2. The predicted molar refractivity (Wildman–Crippen MR) is 163 cm³/mol. The summed E-state index contributed by atoms with van der Waals surface area (Å²) in [5.41, 5.74) is 7.42. The maximum absolute atomic E-state index is 14.3. The lowest BCUT2D eigenvalue weighted by Gasteiger charge is -2.35. The first kappa shape index (κ1) is 35.9. The minimum atomic E-state index is -1.09. The van der Waals surface area contributed by atoms with E-state index in [4.69, 9.17) is 10.5 Å². The van der Waals surface area contributed by atoms with E-state index in [1.165, 1.54) is 0 Å². The lowest BCUT2D eigenvalue weighted by Crippen LogP contribution is -2.54. The number of rotatable bonds is 17. The molecule has 0 saturated heterocycles. The van der Waals surface area contributed by atoms with Crippen molar-refractivity contribution in [3.8, 4) is 0 Å². The summed E-state index contributed by atoms with van der Waals surface area (Å²) in [7, 11) is 0. The molecule has 1 rings (SSSR count). The molecule has 0 spiro atoms. The Kier molecular flexibility index (Phi) is 15.5. The van der Waals surface area contributed by atoms with Crippen molar-refractivity contribution in [2.24, 2.45) is 5.73 Å². The second-order valence-corrected chi connectivity index (χ2v) is 12.1. The fourth-order valence-corrected chi connectivity index (χ4v) is 4.68. The van der Waals surface area contributed by atoms with Crippen molar-refractivity contribution in [3.63, 3.8) is 0 Å². The fourth-order valence-electron chi connectivity index (χ4n) is 4.68. The number of nitrogens with zero attached hydrogens (tertiary/aromatic N) is 1. The van der Waals surface area contributed by atoms with Gasteiger partial charge in [-0.2, -0.15) is 0 Å². The highest BCUT2D eigenvalue weighted by Gasteiger charge is 2.36. The number of nitrogens with one attached hydrogen (secondary N) is 2. The number of carbonyl (C=O) groups excluding carboxylic acids is 4. The molecular weight excluding hydrogens is 520 g/mol. The zero-order chi connectivity index (χ0) is 31.2. The van der Waals surface area contributed by atoms with E-state index < -0.39 is 35.6 Å². The molecule has 3 atom stereocenters. The smallest absolute Gasteiger partial charge is 0.408 e. The average Bonchev–Trinajstić information content (AvgIpc) is 2.86. The number of amides is 4. The summed E-state index contributed by atoms with van der Waals surface area (Å²) in [6.45, 7) is 15.6. The minimum Gasteiger partial charge on any atom is -0.444 e. The molecule has 0 aliphatic heterocycles. The summed E-state index contributed by atoms with van der Waals surface area (Å²) in [6.07, 6.45) is 5.61. The third-order valence-corrected chi connectivity index (χ3v) is 6.97. The van der Waals surface area contributed by atoms with Gasteiger partial charge in [-0.15, -0.1) is 0 Å². The van der Waals surface area contributed by atoms with Gasteiger partial charge < -0.3 is 26.0 Å². The second-order valence-electron chi connectivity index (χ2n) is 12.1. The van der Waals surface area contributed by atoms with Gasteiger partial charge in [-0.05, 0) is 77.5 Å². The number of ether oxygens (including phenoxy) is 1. The highest BCUT2D eigenvalue weighted by molar-refractivity contribution is 5.92. The van der Waals surface area contributed by atoms with Gasteiger partial charge >= 0.3 is 6.09 Å². The van der Waals surface area contributed by atoms with Gasteiger partial charge in [-0.1, -0.05) is 64.2 Å². The molecule has 1 aromatic rings. The molecule has 0 heterocycles. The number of primary amides is 1. The molecule has 232 valence electrons. The van der Waals surface area contributed by atoms with E-state index in [0.29, 0.717) is 18.5 Å². The summed E-state index contributed by atoms with van der Waals surface area (Å²) in [4.78, 5) is 54.2. The van der Waals surface area contributed by atoms with Gasteiger partial charge in [0.15, 0.2) is 0 Å². The average molecular weight is 575 g/mol. The number of unbranched alkanes of at least 4 members (excludes halogenated alkanes) is 4. The maximum Gasteiger partial charge on any atom is 0.408 e. The van der Waals surface area contributed by atoms with Crippen LogP contribution in [-0.4, -0.2) is 52.9 Å². The maximum atomic E-state index is 14.3. The number of nitrogens with two attached hydrogens (primary N) is 1. The van der Waals surface area contributed by atoms with Crippen LogP contribution in [0.2, 0.25) is 0 Å². The van der Waals surface area contributed by atoms with Crippen molar-refractivity contribution < 1.29 is 23.9 Å². The van der Waals surface area contributed by atoms with E-state index >= 15 is 0 Å². The number of hydrogen-bond donors (Lipinski definition) is 3. The van der Waals surface area contributed by atoms with Crippen molar-refractivity contribution in [2.45, 2.75) is 137 Å². The Morgan fingerprint density at radius 1 is 0.927 bits per heavy atom. The van der Waals surface area contributed by atoms with Crippen molar-refractivity contribution in [3.05, 3.63) is 34.9 Å². The van der Waals surface area contributed by atoms with Gasteiger partial charge in [0.25, 0.3) is 0 Å². The Bertz CT molecular complexity index is 1000. The predicted octanol–water partition coefficient (Wildman–Crippen LogP) is 5.61. The van der Waals surface area contributed by atoms with Crippen LogP contribution in [-0.2, 0) is 19.1 Å². The summed E-state index contributed by atoms with van der Waals surface area (Å²) in [6, 6.07) is 3.70. The number of aryl methyl sites for hydroxylation is 2. The van der Waals surface area contributed by atoms with Crippen LogP contribution in [0.5, 0.6) is 0 Å². The monoisotopic (exact) mass is 574 g/mol. The van der Waals surface area contributed by atoms with E-state index in [0.717, 1.165) is 49.7 Å². The minimum absolute atomic E-state index is 0.00670. The first-order chi connectivity index (χ1) is 19.2. The Hall–Kier alpha value is -3.10. The van der Waals surface area contributed by atoms with Crippen LogP contribution >= 0.6 is 0 Å². The second kappa shape index (κ2) is 17.7. The van der Waals surface area contributed by atoms with Crippen LogP contribution in [0.25, 0.3) is 0 Å². The van der Waals surface area contributed by atoms with Gasteiger partial charge in [-0.3, -0.25) is 14.4 Å². The molecule has 1 aromatic carbocycles. The Labute approximate surface area is 247 Å². The van der Waals surface area contributed by atoms with Gasteiger partial charge in [0.05, 0.1) is 0 Å². The van der Waals surface area contributed by atoms with Crippen molar-refractivity contribution in [2.75, 3.05) is 6.54 Å². The summed E-state index contributed by atoms with van der Waals surface area (Å²) < 4.78 is 5.42. The van der Waals surface area contributed by atoms with Crippen LogP contribution in [0.1, 0.15) is 122 Å². The van der Waals surface area contributed by atoms with E-state index in [1.54, 1.807) is 25.7 Å². The quantitative estimate of drug-likeness (QED) is 0.208. The van der Waals surface area contributed by atoms with E-state index in [2.05, 4.69) is 24.5 Å². The highest BCUT2D eigenvalue weighted by atomic mass is 16.6. The molecule has 41 heavy (non-hydrogen) atoms. The van der Waals surface area contributed by atoms with Crippen LogP contribution < -0.4 is 16.4 Å². The zero-order valence-electron chi connectivity index (χ0n) is 26.6. The lowest BCUT2D eigenvalue weighted by atomic mass is 9.97. The van der Waals surface area contributed by atoms with Gasteiger partial charge in [0.2, 0.25) is 17.7 Å². The molecule has 0 bridgehead atoms. The molecular formula is C32H54N4O5. The normalized spacial score (nSPS) is 13.6. The van der Waals surface area contributed by atoms with Crippen LogP contribution in [0.15, 0.2) is 18.2 Å². The number of alkyl carbamates (subject to hydrolysis) is 1. The first-order valence-corrected chi connectivity index (χ1v) is 15.2. The van der Waals surface area contributed by atoms with E-state index in [1.807, 2.05) is 39.0 Å². The molecule has 3 unspecified atom stereocenters. The Morgan fingerprint density at radius 2 is 1.59 bits per heavy atom. The van der Waals surface area contributed by atoms with Crippen LogP contribution in [0.3, 0.4) is 0 Å². The third-order valence-electron chi connectivity index (χ3n) is 6.97. The fraction of sp³-hybridized carbons (Fsp3) is 0.688. The molecule has 0 aliphatic carbocycles. The molecule has 4 amide bonds. The highest BCUT2D eigenvalue weighted by Crippen LogP contribution is 2.26. The molecule has 0 fully saturated rings. The summed E-state index contributed by atoms with van der Waals surface area (Å²) in [5.74, 6) is -1.31. The zero-order valence-corrected chi connectivity index (χ0v) is 26.6.